The molecule has 0 aliphatic heterocycles. The van der Waals surface area contributed by atoms with Crippen LogP contribution in [-0.2, 0) is 25.1 Å². The number of hydrogen-bond donors (Lipinski definition) is 1. The third-order valence-electron chi connectivity index (χ3n) is 2.19. The molecule has 21 heavy (non-hydrogen) atoms. The van der Waals surface area contributed by atoms with Crippen molar-refractivity contribution in [3.05, 3.63) is 29.8 Å². The molecule has 0 bridgehead atoms. The minimum absolute atomic E-state index is 0.0246. The van der Waals surface area contributed by atoms with Crippen molar-refractivity contribution in [1.82, 2.24) is 5.32 Å². The van der Waals surface area contributed by atoms with E-state index in [0.717, 1.165) is 0 Å². The largest absolute Gasteiger partial charge is 0.411 e. The molecule has 0 saturated heterocycles. The van der Waals surface area contributed by atoms with Crippen molar-refractivity contribution in [3.8, 4) is 0 Å². The highest BCUT2D eigenvalue weighted by Crippen LogP contribution is 2.15. The van der Waals surface area contributed by atoms with Crippen LogP contribution in [-0.4, -0.2) is 33.7 Å². The molecule has 1 N–H and O–H groups in total. The molecule has 5 nitrogen and oxygen atoms in total. The Morgan fingerprint density at radius 1 is 1.24 bits per heavy atom. The van der Waals surface area contributed by atoms with E-state index < -0.39 is 34.3 Å². The van der Waals surface area contributed by atoms with Gasteiger partial charge < -0.3 is 10.1 Å². The van der Waals surface area contributed by atoms with E-state index in [-0.39, 0.29) is 11.4 Å². The number of benzene rings is 1. The summed E-state index contributed by atoms with van der Waals surface area (Å²) in [4.78, 5) is 11.1. The van der Waals surface area contributed by atoms with Crippen molar-refractivity contribution in [1.29, 1.82) is 0 Å². The molecule has 0 heterocycles. The average Bonchev–Trinajstić information content (AvgIpc) is 2.34. The number of carbonyl (C=O) groups excluding carboxylic acids is 1. The van der Waals surface area contributed by atoms with Crippen LogP contribution in [0.4, 0.5) is 13.2 Å². The molecule has 1 amide bonds. The van der Waals surface area contributed by atoms with Crippen LogP contribution in [0.25, 0.3) is 0 Å². The number of nitrogens with one attached hydrogen (secondary N) is 1. The fourth-order valence-corrected chi connectivity index (χ4v) is 2.05. The zero-order chi connectivity index (χ0) is 16.1. The van der Waals surface area contributed by atoms with Crippen LogP contribution >= 0.6 is 10.7 Å². The molecule has 0 aromatic heterocycles. The van der Waals surface area contributed by atoms with Gasteiger partial charge in [-0.05, 0) is 17.7 Å². The van der Waals surface area contributed by atoms with Crippen LogP contribution in [0.2, 0.25) is 0 Å². The molecule has 0 unspecified atom stereocenters. The van der Waals surface area contributed by atoms with Crippen LogP contribution in [0.3, 0.4) is 0 Å². The molecular formula is C11H11ClF3NO4S. The van der Waals surface area contributed by atoms with Crippen molar-refractivity contribution >= 4 is 25.6 Å². The van der Waals surface area contributed by atoms with Gasteiger partial charge in [0.2, 0.25) is 5.91 Å². The van der Waals surface area contributed by atoms with E-state index in [1.807, 2.05) is 0 Å². The van der Waals surface area contributed by atoms with E-state index >= 15 is 0 Å². The lowest BCUT2D eigenvalue weighted by molar-refractivity contribution is -0.175. The summed E-state index contributed by atoms with van der Waals surface area (Å²) >= 11 is 0. The monoisotopic (exact) mass is 345 g/mol. The summed E-state index contributed by atoms with van der Waals surface area (Å²) in [5.41, 5.74) is 0.559. The second-order valence-corrected chi connectivity index (χ2v) is 6.53. The van der Waals surface area contributed by atoms with Gasteiger partial charge in [0, 0.05) is 17.2 Å². The zero-order valence-corrected chi connectivity index (χ0v) is 12.1. The van der Waals surface area contributed by atoms with Gasteiger partial charge in [0.25, 0.3) is 9.05 Å². The van der Waals surface area contributed by atoms with E-state index in [0.29, 0.717) is 5.56 Å². The van der Waals surface area contributed by atoms with Gasteiger partial charge in [0.15, 0.2) is 0 Å². The van der Waals surface area contributed by atoms with Crippen LogP contribution in [0, 0.1) is 0 Å². The van der Waals surface area contributed by atoms with Crippen LogP contribution in [0.15, 0.2) is 29.2 Å². The second kappa shape index (κ2) is 7.10. The molecular weight excluding hydrogens is 335 g/mol. The number of halogens is 4. The lowest BCUT2D eigenvalue weighted by atomic mass is 10.2. The van der Waals surface area contributed by atoms with Gasteiger partial charge in [-0.1, -0.05) is 12.1 Å². The Labute approximate surface area is 123 Å². The van der Waals surface area contributed by atoms with Gasteiger partial charge in [-0.15, -0.1) is 0 Å². The Hall–Kier alpha value is -1.32. The zero-order valence-electron chi connectivity index (χ0n) is 10.5. The first-order chi connectivity index (χ1) is 9.58. The number of alkyl halides is 3. The van der Waals surface area contributed by atoms with Crippen LogP contribution in [0.1, 0.15) is 5.56 Å². The summed E-state index contributed by atoms with van der Waals surface area (Å²) in [5.74, 6) is -0.715. The third kappa shape index (κ3) is 7.30. The molecule has 1 rings (SSSR count). The Morgan fingerprint density at radius 2 is 1.81 bits per heavy atom. The predicted molar refractivity (Wildman–Crippen MR) is 68.2 cm³/mol. The first-order valence-corrected chi connectivity index (χ1v) is 7.84. The molecule has 0 spiro atoms. The van der Waals surface area contributed by atoms with Gasteiger partial charge in [0.05, 0.1) is 4.90 Å². The summed E-state index contributed by atoms with van der Waals surface area (Å²) in [6, 6.07) is 5.35. The molecule has 0 saturated carbocycles. The third-order valence-corrected chi connectivity index (χ3v) is 3.56. The first-order valence-electron chi connectivity index (χ1n) is 5.53. The predicted octanol–water partition coefficient (Wildman–Crippen LogP) is 1.81. The normalized spacial score (nSPS) is 12.2. The lowest BCUT2D eigenvalue weighted by Crippen LogP contribution is -2.29. The van der Waals surface area contributed by atoms with Gasteiger partial charge in [-0.25, -0.2) is 8.42 Å². The van der Waals surface area contributed by atoms with Crippen molar-refractivity contribution < 1.29 is 31.1 Å². The molecule has 1 aromatic rings. The maximum absolute atomic E-state index is 11.8. The maximum Gasteiger partial charge on any atom is 0.411 e. The minimum atomic E-state index is -4.48. The number of ether oxygens (including phenoxy) is 1. The van der Waals surface area contributed by atoms with Gasteiger partial charge in [-0.2, -0.15) is 13.2 Å². The number of rotatable bonds is 6. The molecule has 0 aliphatic rings. The fraction of sp³-hybridized carbons (Fsp3) is 0.364. The van der Waals surface area contributed by atoms with Crippen molar-refractivity contribution in [2.75, 3.05) is 13.2 Å². The minimum Gasteiger partial charge on any atom is -0.362 e. The van der Waals surface area contributed by atoms with Crippen LogP contribution in [0.5, 0.6) is 0 Å². The Kier molecular flexibility index (Phi) is 5.99. The van der Waals surface area contributed by atoms with Crippen molar-refractivity contribution in [3.63, 3.8) is 0 Å². The second-order valence-electron chi connectivity index (χ2n) is 3.97. The van der Waals surface area contributed by atoms with Gasteiger partial charge in [0.1, 0.15) is 13.2 Å². The topological polar surface area (TPSA) is 72.5 Å². The van der Waals surface area contributed by atoms with E-state index in [1.54, 1.807) is 0 Å². The number of hydrogen-bond acceptors (Lipinski definition) is 4. The highest BCUT2D eigenvalue weighted by molar-refractivity contribution is 8.13. The van der Waals surface area contributed by atoms with Crippen molar-refractivity contribution in [2.45, 2.75) is 17.6 Å². The van der Waals surface area contributed by atoms with E-state index in [4.69, 9.17) is 10.7 Å². The highest BCUT2D eigenvalue weighted by atomic mass is 35.7. The molecule has 0 radical (unpaired) electrons. The Bertz CT molecular complexity index is 586. The molecule has 0 aliphatic carbocycles. The van der Waals surface area contributed by atoms with Gasteiger partial charge >= 0.3 is 6.18 Å². The molecule has 118 valence electrons. The molecule has 10 heteroatoms. The first kappa shape index (κ1) is 17.7. The molecule has 1 aromatic carbocycles. The highest BCUT2D eigenvalue weighted by Gasteiger charge is 2.27. The number of carbonyl (C=O) groups is 1. The number of amides is 1. The summed E-state index contributed by atoms with van der Waals surface area (Å²) < 4.78 is 61.5. The standard InChI is InChI=1S/C11H11ClF3NO4S/c12-21(18,19)9-3-1-8(2-4-9)5-16-10(17)6-20-7-11(13,14)15/h1-4H,5-7H2,(H,16,17). The Morgan fingerprint density at radius 3 is 2.29 bits per heavy atom. The summed E-state index contributed by atoms with van der Waals surface area (Å²) in [6.07, 6.45) is -4.48. The fourth-order valence-electron chi connectivity index (χ4n) is 1.28. The SMILES string of the molecule is O=C(COCC(F)(F)F)NCc1ccc(S(=O)(=O)Cl)cc1. The van der Waals surface area contributed by atoms with E-state index in [2.05, 4.69) is 10.1 Å². The molecule has 0 atom stereocenters. The van der Waals surface area contributed by atoms with Gasteiger partial charge in [-0.3, -0.25) is 4.79 Å². The van der Waals surface area contributed by atoms with E-state index in [1.165, 1.54) is 24.3 Å². The Balaban J connectivity index is 2.40. The summed E-state index contributed by atoms with van der Waals surface area (Å²) in [7, 11) is 1.31. The molecule has 0 fully saturated rings. The summed E-state index contributed by atoms with van der Waals surface area (Å²) in [5, 5.41) is 2.33. The smallest absolute Gasteiger partial charge is 0.362 e. The van der Waals surface area contributed by atoms with E-state index in [9.17, 15) is 26.4 Å². The summed E-state index contributed by atoms with van der Waals surface area (Å²) in [6.45, 7) is -2.19. The lowest BCUT2D eigenvalue weighted by Gasteiger charge is -2.08. The average molecular weight is 346 g/mol. The van der Waals surface area contributed by atoms with Crippen LogP contribution < -0.4 is 5.32 Å². The quantitative estimate of drug-likeness (QED) is 0.798. The van der Waals surface area contributed by atoms with Crippen molar-refractivity contribution in [2.24, 2.45) is 0 Å². The maximum atomic E-state index is 11.8.